The Morgan fingerprint density at radius 1 is 0.639 bits per heavy atom. The van der Waals surface area contributed by atoms with E-state index in [1.807, 2.05) is 12.1 Å². The van der Waals surface area contributed by atoms with Gasteiger partial charge in [-0.2, -0.15) is 0 Å². The number of methoxy groups -OCH3 is 4. The van der Waals surface area contributed by atoms with Gasteiger partial charge in [-0.05, 0) is 71.1 Å². The van der Waals surface area contributed by atoms with Gasteiger partial charge >= 0.3 is 0 Å². The number of amidine groups is 2. The van der Waals surface area contributed by atoms with Gasteiger partial charge in [0.15, 0.2) is 33.3 Å². The van der Waals surface area contributed by atoms with Crippen LogP contribution < -0.4 is 29.6 Å². The predicted molar refractivity (Wildman–Crippen MR) is 142 cm³/mol. The van der Waals surface area contributed by atoms with E-state index in [9.17, 15) is 9.59 Å². The molecule has 12 heteroatoms. The van der Waals surface area contributed by atoms with Crippen LogP contribution in [0.25, 0.3) is 12.2 Å². The first-order valence-corrected chi connectivity index (χ1v) is 11.9. The van der Waals surface area contributed by atoms with Gasteiger partial charge in [-0.15, -0.1) is 0 Å². The Bertz CT molecular complexity index is 1180. The van der Waals surface area contributed by atoms with Crippen molar-refractivity contribution < 1.29 is 28.5 Å². The Labute approximate surface area is 216 Å². The lowest BCUT2D eigenvalue weighted by Gasteiger charge is -2.07. The number of hydrogen-bond donors (Lipinski definition) is 4. The summed E-state index contributed by atoms with van der Waals surface area (Å²) in [4.78, 5) is 23.9. The highest BCUT2D eigenvalue weighted by Crippen LogP contribution is 2.32. The fourth-order valence-corrected chi connectivity index (χ4v) is 4.48. The van der Waals surface area contributed by atoms with Crippen molar-refractivity contribution in [2.75, 3.05) is 28.4 Å². The molecule has 2 aliphatic rings. The molecule has 0 saturated carbocycles. The van der Waals surface area contributed by atoms with Crippen LogP contribution in [0.5, 0.6) is 23.0 Å². The van der Waals surface area contributed by atoms with Gasteiger partial charge in [0.05, 0.1) is 38.2 Å². The van der Waals surface area contributed by atoms with Crippen LogP contribution in [0.15, 0.2) is 46.2 Å². The number of thioether (sulfide) groups is 2. The lowest BCUT2D eigenvalue weighted by Crippen LogP contribution is -2.18. The Hall–Kier alpha value is -3.90. The van der Waals surface area contributed by atoms with Crippen molar-refractivity contribution in [2.45, 2.75) is 0 Å². The van der Waals surface area contributed by atoms with Crippen molar-refractivity contribution >= 4 is 57.8 Å². The van der Waals surface area contributed by atoms with Crippen molar-refractivity contribution in [3.05, 3.63) is 57.3 Å². The number of amides is 2. The third kappa shape index (κ3) is 6.61. The highest BCUT2D eigenvalue weighted by molar-refractivity contribution is 8.19. The van der Waals surface area contributed by atoms with Gasteiger partial charge in [-0.1, -0.05) is 12.1 Å². The van der Waals surface area contributed by atoms with Crippen LogP contribution in [0, 0.1) is 10.8 Å². The molecule has 36 heavy (non-hydrogen) atoms. The first kappa shape index (κ1) is 26.7. The van der Waals surface area contributed by atoms with Gasteiger partial charge in [0.25, 0.3) is 11.8 Å². The van der Waals surface area contributed by atoms with E-state index >= 15 is 0 Å². The predicted octanol–water partition coefficient (Wildman–Crippen LogP) is 3.68. The molecule has 2 saturated heterocycles. The number of carbonyl (C=O) groups is 2. The highest BCUT2D eigenvalue weighted by atomic mass is 32.2. The van der Waals surface area contributed by atoms with Gasteiger partial charge in [-0.3, -0.25) is 20.4 Å². The molecule has 0 unspecified atom stereocenters. The molecule has 2 aromatic carbocycles. The Morgan fingerprint density at radius 3 is 1.28 bits per heavy atom. The van der Waals surface area contributed by atoms with Crippen molar-refractivity contribution in [3.63, 3.8) is 0 Å². The van der Waals surface area contributed by atoms with E-state index in [0.29, 0.717) is 32.8 Å². The maximum absolute atomic E-state index is 11.5. The molecule has 10 nitrogen and oxygen atoms in total. The standard InChI is InChI=1S/2C12H12N2O3S/c2*1-16-8-4-3-7(5-9(8)17-2)6-10-11(15)14-12(13)18-10/h2*3-6H,1-2H3,(H2,13,14,15). The monoisotopic (exact) mass is 528 g/mol. The molecule has 2 amide bonds. The maximum Gasteiger partial charge on any atom is 0.264 e. The molecule has 0 aliphatic carbocycles. The van der Waals surface area contributed by atoms with Gasteiger partial charge in [0.1, 0.15) is 0 Å². The highest BCUT2D eigenvalue weighted by Gasteiger charge is 2.23. The number of rotatable bonds is 6. The summed E-state index contributed by atoms with van der Waals surface area (Å²) < 4.78 is 20.6. The van der Waals surface area contributed by atoms with Crippen molar-refractivity contribution in [2.24, 2.45) is 0 Å². The molecule has 2 aromatic rings. The molecular weight excluding hydrogens is 504 g/mol. The second-order valence-electron chi connectivity index (χ2n) is 7.02. The zero-order valence-corrected chi connectivity index (χ0v) is 21.5. The number of hydrogen-bond acceptors (Lipinski definition) is 10. The average molecular weight is 529 g/mol. The van der Waals surface area contributed by atoms with E-state index in [1.54, 1.807) is 64.9 Å². The van der Waals surface area contributed by atoms with Crippen LogP contribution in [0.3, 0.4) is 0 Å². The van der Waals surface area contributed by atoms with Crippen LogP contribution in [0.2, 0.25) is 0 Å². The zero-order chi connectivity index (χ0) is 26.2. The molecule has 0 radical (unpaired) electrons. The third-order valence-electron chi connectivity index (χ3n) is 4.74. The summed E-state index contributed by atoms with van der Waals surface area (Å²) in [6, 6.07) is 10.7. The molecule has 0 aromatic heterocycles. The third-order valence-corrected chi connectivity index (χ3v) is 6.40. The minimum absolute atomic E-state index is 0.145. The normalized spacial score (nSPS) is 16.9. The topological polar surface area (TPSA) is 143 Å². The number of nitrogens with one attached hydrogen (secondary N) is 4. The van der Waals surface area contributed by atoms with Gasteiger partial charge in [0.2, 0.25) is 0 Å². The first-order chi connectivity index (χ1) is 17.3. The van der Waals surface area contributed by atoms with Crippen molar-refractivity contribution in [3.8, 4) is 23.0 Å². The van der Waals surface area contributed by atoms with Crippen LogP contribution in [0.1, 0.15) is 11.1 Å². The van der Waals surface area contributed by atoms with Crippen molar-refractivity contribution in [1.82, 2.24) is 10.6 Å². The summed E-state index contributed by atoms with van der Waals surface area (Å²) >= 11 is 2.21. The summed E-state index contributed by atoms with van der Waals surface area (Å²) in [5, 5.41) is 19.9. The largest absolute Gasteiger partial charge is 0.493 e. The molecule has 0 atom stereocenters. The summed E-state index contributed by atoms with van der Waals surface area (Å²) in [5.74, 6) is 1.97. The Kier molecular flexibility index (Phi) is 9.03. The molecule has 2 aliphatic heterocycles. The second kappa shape index (κ2) is 12.2. The van der Waals surface area contributed by atoms with E-state index in [4.69, 9.17) is 29.8 Å². The smallest absolute Gasteiger partial charge is 0.264 e. The van der Waals surface area contributed by atoms with Crippen LogP contribution >= 0.6 is 23.5 Å². The van der Waals surface area contributed by atoms with E-state index in [1.165, 1.54) is 0 Å². The minimum atomic E-state index is -0.250. The molecule has 0 spiro atoms. The minimum Gasteiger partial charge on any atom is -0.493 e. The number of carbonyl (C=O) groups excluding carboxylic acids is 2. The summed E-state index contributed by atoms with van der Waals surface area (Å²) in [6.07, 6.45) is 3.42. The average Bonchev–Trinajstić information content (AvgIpc) is 3.36. The quantitative estimate of drug-likeness (QED) is 0.416. The lowest BCUT2D eigenvalue weighted by molar-refractivity contribution is -0.116. The van der Waals surface area contributed by atoms with E-state index < -0.39 is 0 Å². The summed E-state index contributed by atoms with van der Waals surface area (Å²) in [7, 11) is 6.25. The van der Waals surface area contributed by atoms with Gasteiger partial charge < -0.3 is 29.6 Å². The Balaban J connectivity index is 0.000000201. The van der Waals surface area contributed by atoms with Crippen LogP contribution in [-0.4, -0.2) is 50.6 Å². The van der Waals surface area contributed by atoms with Crippen LogP contribution in [0.4, 0.5) is 0 Å². The fourth-order valence-electron chi connectivity index (χ4n) is 3.07. The lowest BCUT2D eigenvalue weighted by atomic mass is 10.2. The SMILES string of the molecule is COc1ccc(C=C2SC(=N)NC2=O)cc1OC.COc1ccc(C=C2SC(=N)NC2=O)cc1OC. The van der Waals surface area contributed by atoms with E-state index in [-0.39, 0.29) is 22.1 Å². The Morgan fingerprint density at radius 2 is 1.00 bits per heavy atom. The summed E-state index contributed by atoms with van der Waals surface area (Å²) in [6.45, 7) is 0. The zero-order valence-electron chi connectivity index (χ0n) is 19.9. The molecular formula is C24H24N4O6S2. The number of benzene rings is 2. The molecule has 2 heterocycles. The van der Waals surface area contributed by atoms with E-state index in [2.05, 4.69) is 10.6 Å². The van der Waals surface area contributed by atoms with Gasteiger partial charge in [-0.25, -0.2) is 0 Å². The molecule has 2 fully saturated rings. The maximum atomic E-state index is 11.5. The first-order valence-electron chi connectivity index (χ1n) is 10.3. The number of ether oxygens (including phenoxy) is 4. The molecule has 4 N–H and O–H groups in total. The van der Waals surface area contributed by atoms with E-state index in [0.717, 1.165) is 34.7 Å². The van der Waals surface area contributed by atoms with Gasteiger partial charge in [0, 0.05) is 0 Å². The second-order valence-corrected chi connectivity index (χ2v) is 9.12. The fraction of sp³-hybridized carbons (Fsp3) is 0.167. The molecule has 188 valence electrons. The van der Waals surface area contributed by atoms with Crippen LogP contribution in [-0.2, 0) is 9.59 Å². The molecule has 0 bridgehead atoms. The molecule has 4 rings (SSSR count). The van der Waals surface area contributed by atoms with Crippen molar-refractivity contribution in [1.29, 1.82) is 10.8 Å². The summed E-state index contributed by atoms with van der Waals surface area (Å²) in [5.41, 5.74) is 1.64.